The maximum atomic E-state index is 13.0. The van der Waals surface area contributed by atoms with Crippen molar-refractivity contribution in [1.82, 2.24) is 24.6 Å². The van der Waals surface area contributed by atoms with Gasteiger partial charge in [0.05, 0.1) is 19.9 Å². The largest absolute Gasteiger partial charge is 0.493 e. The number of carbonyl (C=O) groups excluding carboxylic acids is 1. The van der Waals surface area contributed by atoms with Gasteiger partial charge in [0.2, 0.25) is 0 Å². The number of imidazole rings is 1. The molecular formula is C25H26N6O3. The van der Waals surface area contributed by atoms with Crippen LogP contribution in [0, 0.1) is 0 Å². The van der Waals surface area contributed by atoms with E-state index in [2.05, 4.69) is 15.6 Å². The highest BCUT2D eigenvalue weighted by Crippen LogP contribution is 2.32. The third-order valence-corrected chi connectivity index (χ3v) is 5.83. The topological polar surface area (TPSA) is 93.0 Å². The first-order valence-corrected chi connectivity index (χ1v) is 11.1. The second-order valence-electron chi connectivity index (χ2n) is 7.95. The second kappa shape index (κ2) is 9.40. The lowest BCUT2D eigenvalue weighted by Gasteiger charge is -2.27. The maximum absolute atomic E-state index is 13.0. The van der Waals surface area contributed by atoms with Gasteiger partial charge in [-0.05, 0) is 24.3 Å². The highest BCUT2D eigenvalue weighted by Gasteiger charge is 2.19. The predicted octanol–water partition coefficient (Wildman–Crippen LogP) is 3.20. The van der Waals surface area contributed by atoms with Gasteiger partial charge in [-0.1, -0.05) is 12.1 Å². The monoisotopic (exact) mass is 458 g/mol. The summed E-state index contributed by atoms with van der Waals surface area (Å²) in [4.78, 5) is 24.2. The minimum Gasteiger partial charge on any atom is -0.493 e. The van der Waals surface area contributed by atoms with Crippen LogP contribution in [0.2, 0.25) is 0 Å². The molecule has 0 spiro atoms. The molecule has 174 valence electrons. The number of ether oxygens (including phenoxy) is 2. The van der Waals surface area contributed by atoms with E-state index in [1.165, 1.54) is 0 Å². The van der Waals surface area contributed by atoms with Crippen LogP contribution in [0.4, 0.5) is 11.5 Å². The van der Waals surface area contributed by atoms with Gasteiger partial charge in [-0.2, -0.15) is 0 Å². The maximum Gasteiger partial charge on any atom is 0.253 e. The highest BCUT2D eigenvalue weighted by atomic mass is 16.5. The Morgan fingerprint density at radius 3 is 2.68 bits per heavy atom. The molecule has 0 saturated carbocycles. The molecule has 5 rings (SSSR count). The van der Waals surface area contributed by atoms with Gasteiger partial charge in [0.1, 0.15) is 0 Å². The summed E-state index contributed by atoms with van der Waals surface area (Å²) in [6, 6.07) is 13.2. The Labute approximate surface area is 197 Å². The van der Waals surface area contributed by atoms with Crippen LogP contribution in [0.15, 0.2) is 61.1 Å². The Bertz CT molecular complexity index is 1330. The Balaban J connectivity index is 1.49. The summed E-state index contributed by atoms with van der Waals surface area (Å²) in [5.41, 5.74) is 3.71. The number of benzene rings is 2. The first-order chi connectivity index (χ1) is 16.7. The van der Waals surface area contributed by atoms with E-state index in [9.17, 15) is 4.79 Å². The number of amides is 1. The first-order valence-electron chi connectivity index (χ1n) is 11.1. The van der Waals surface area contributed by atoms with Gasteiger partial charge < -0.3 is 29.4 Å². The van der Waals surface area contributed by atoms with Crippen molar-refractivity contribution < 1.29 is 14.3 Å². The molecule has 3 heterocycles. The van der Waals surface area contributed by atoms with Gasteiger partial charge in [0, 0.05) is 67.7 Å². The van der Waals surface area contributed by atoms with Crippen LogP contribution in [0.3, 0.4) is 0 Å². The van der Waals surface area contributed by atoms with Crippen LogP contribution in [0.5, 0.6) is 11.5 Å². The van der Waals surface area contributed by atoms with Gasteiger partial charge in [0.25, 0.3) is 5.91 Å². The Morgan fingerprint density at radius 2 is 1.88 bits per heavy atom. The van der Waals surface area contributed by atoms with Gasteiger partial charge >= 0.3 is 0 Å². The molecule has 1 amide bonds. The van der Waals surface area contributed by atoms with Crippen LogP contribution in [0.25, 0.3) is 16.9 Å². The third-order valence-electron chi connectivity index (χ3n) is 5.83. The number of piperazine rings is 1. The molecule has 9 nitrogen and oxygen atoms in total. The van der Waals surface area contributed by atoms with Crippen LogP contribution < -0.4 is 20.1 Å². The number of nitrogens with zero attached hydrogens (tertiary/aromatic N) is 4. The van der Waals surface area contributed by atoms with E-state index in [-0.39, 0.29) is 5.91 Å². The van der Waals surface area contributed by atoms with Crippen molar-refractivity contribution in [2.45, 2.75) is 0 Å². The fraction of sp³-hybridized carbons (Fsp3) is 0.240. The number of rotatable bonds is 6. The van der Waals surface area contributed by atoms with E-state index in [0.717, 1.165) is 30.0 Å². The fourth-order valence-corrected chi connectivity index (χ4v) is 4.07. The van der Waals surface area contributed by atoms with E-state index in [1.807, 2.05) is 64.2 Å². The van der Waals surface area contributed by atoms with Crippen molar-refractivity contribution >= 4 is 23.1 Å². The predicted molar refractivity (Wildman–Crippen MR) is 130 cm³/mol. The van der Waals surface area contributed by atoms with Crippen LogP contribution >= 0.6 is 0 Å². The lowest BCUT2D eigenvalue weighted by molar-refractivity contribution is 0.0736. The molecular weight excluding hydrogens is 432 g/mol. The van der Waals surface area contributed by atoms with Crippen molar-refractivity contribution in [3.8, 4) is 22.8 Å². The Morgan fingerprint density at radius 1 is 1.06 bits per heavy atom. The third kappa shape index (κ3) is 4.25. The molecule has 1 aliphatic heterocycles. The number of hydrogen-bond donors (Lipinski definition) is 2. The lowest BCUT2D eigenvalue weighted by Crippen LogP contribution is -2.46. The molecule has 0 aliphatic carbocycles. The molecule has 0 radical (unpaired) electrons. The number of carbonyl (C=O) groups is 1. The number of methoxy groups -OCH3 is 2. The molecule has 9 heteroatoms. The molecule has 0 bridgehead atoms. The number of nitrogens with one attached hydrogen (secondary N) is 2. The van der Waals surface area contributed by atoms with Gasteiger partial charge in [0.15, 0.2) is 23.0 Å². The zero-order valence-corrected chi connectivity index (χ0v) is 19.1. The molecule has 1 aliphatic rings. The van der Waals surface area contributed by atoms with E-state index in [4.69, 9.17) is 14.5 Å². The van der Waals surface area contributed by atoms with E-state index >= 15 is 0 Å². The molecule has 0 atom stereocenters. The van der Waals surface area contributed by atoms with Gasteiger partial charge in [-0.25, -0.2) is 9.97 Å². The minimum absolute atomic E-state index is 0.0377. The number of hydrogen-bond acceptors (Lipinski definition) is 7. The summed E-state index contributed by atoms with van der Waals surface area (Å²) in [7, 11) is 3.20. The lowest BCUT2D eigenvalue weighted by atomic mass is 10.1. The molecule has 34 heavy (non-hydrogen) atoms. The zero-order valence-electron chi connectivity index (χ0n) is 19.1. The molecule has 2 aromatic carbocycles. The quantitative estimate of drug-likeness (QED) is 0.458. The normalized spacial score (nSPS) is 13.6. The minimum atomic E-state index is 0.0377. The average Bonchev–Trinajstić information content (AvgIpc) is 3.38. The summed E-state index contributed by atoms with van der Waals surface area (Å²) in [6.45, 7) is 3.05. The Hall–Kier alpha value is -4.11. The molecule has 2 N–H and O–H groups in total. The molecule has 1 saturated heterocycles. The molecule has 0 unspecified atom stereocenters. The van der Waals surface area contributed by atoms with Crippen molar-refractivity contribution in [1.29, 1.82) is 0 Å². The molecule has 4 aromatic rings. The van der Waals surface area contributed by atoms with Crippen LogP contribution in [-0.4, -0.2) is 65.6 Å². The molecule has 1 fully saturated rings. The first kappa shape index (κ1) is 21.7. The average molecular weight is 459 g/mol. The highest BCUT2D eigenvalue weighted by molar-refractivity contribution is 5.95. The summed E-state index contributed by atoms with van der Waals surface area (Å²) >= 11 is 0. The molecule has 2 aromatic heterocycles. The summed E-state index contributed by atoms with van der Waals surface area (Å²) in [5.74, 6) is 1.89. The van der Waals surface area contributed by atoms with E-state index in [0.29, 0.717) is 41.6 Å². The Kier molecular flexibility index (Phi) is 6.01. The van der Waals surface area contributed by atoms with Crippen molar-refractivity contribution in [2.24, 2.45) is 0 Å². The van der Waals surface area contributed by atoms with Crippen molar-refractivity contribution in [2.75, 3.05) is 45.7 Å². The number of anilines is 2. The van der Waals surface area contributed by atoms with Crippen LogP contribution in [0.1, 0.15) is 10.4 Å². The fourth-order valence-electron chi connectivity index (χ4n) is 4.07. The summed E-state index contributed by atoms with van der Waals surface area (Å²) in [5, 5.41) is 6.62. The summed E-state index contributed by atoms with van der Waals surface area (Å²) in [6.07, 6.45) is 5.51. The van der Waals surface area contributed by atoms with Gasteiger partial charge in [-0.15, -0.1) is 0 Å². The number of fused-ring (bicyclic) bond motifs is 1. The SMILES string of the molecule is COc1ccc(Nc2nc(-c3cccc(C(=O)N4CCNCC4)c3)cn3ccnc23)cc1OC. The van der Waals surface area contributed by atoms with Crippen molar-refractivity contribution in [3.63, 3.8) is 0 Å². The standard InChI is InChI=1S/C25H26N6O3/c1-33-21-7-6-19(15-22(21)34-2)28-23-24-27-10-13-31(24)16-20(29-23)17-4-3-5-18(14-17)25(32)30-11-8-26-9-12-30/h3-7,10,13-16,26H,8-9,11-12H2,1-2H3,(H,28,29). The second-order valence-corrected chi connectivity index (χ2v) is 7.95. The van der Waals surface area contributed by atoms with E-state index < -0.39 is 0 Å². The summed E-state index contributed by atoms with van der Waals surface area (Å²) < 4.78 is 12.7. The smallest absolute Gasteiger partial charge is 0.253 e. The van der Waals surface area contributed by atoms with E-state index in [1.54, 1.807) is 20.4 Å². The number of aromatic nitrogens is 3. The van der Waals surface area contributed by atoms with Crippen molar-refractivity contribution in [3.05, 3.63) is 66.6 Å². The van der Waals surface area contributed by atoms with Gasteiger partial charge in [-0.3, -0.25) is 4.79 Å². The zero-order chi connectivity index (χ0) is 23.5. The van der Waals surface area contributed by atoms with Crippen LogP contribution in [-0.2, 0) is 0 Å².